The van der Waals surface area contributed by atoms with E-state index in [1.807, 2.05) is 12.1 Å². The van der Waals surface area contributed by atoms with E-state index in [0.29, 0.717) is 23.2 Å². The monoisotopic (exact) mass is 289 g/mol. The largest absolute Gasteiger partial charge is 0.480 e. The van der Waals surface area contributed by atoms with Gasteiger partial charge in [0.15, 0.2) is 5.82 Å². The molecule has 7 heteroatoms. The van der Waals surface area contributed by atoms with Crippen molar-refractivity contribution >= 4 is 0 Å². The second kappa shape index (κ2) is 6.19. The molecule has 7 nitrogen and oxygen atoms in total. The maximum absolute atomic E-state index is 5.38. The zero-order chi connectivity index (χ0) is 14.7. The Morgan fingerprint density at radius 3 is 2.95 bits per heavy atom. The van der Waals surface area contributed by atoms with Crippen LogP contribution in [0, 0.1) is 0 Å². The van der Waals surface area contributed by atoms with Crippen LogP contribution in [-0.4, -0.2) is 53.3 Å². The SMILES string of the molecule is COc1ncccc1-c1nc(C(C)N2CCNCC2)no1. The number of ether oxygens (including phenoxy) is 1. The van der Waals surface area contributed by atoms with E-state index >= 15 is 0 Å². The van der Waals surface area contributed by atoms with Gasteiger partial charge in [-0.05, 0) is 19.1 Å². The Morgan fingerprint density at radius 2 is 2.19 bits per heavy atom. The van der Waals surface area contributed by atoms with Crippen LogP contribution >= 0.6 is 0 Å². The number of hydrogen-bond acceptors (Lipinski definition) is 7. The van der Waals surface area contributed by atoms with Crippen molar-refractivity contribution in [1.29, 1.82) is 0 Å². The smallest absolute Gasteiger partial charge is 0.263 e. The highest BCUT2D eigenvalue weighted by atomic mass is 16.5. The molecule has 1 fully saturated rings. The molecule has 1 saturated heterocycles. The summed E-state index contributed by atoms with van der Waals surface area (Å²) in [6.45, 7) is 6.06. The minimum absolute atomic E-state index is 0.132. The number of pyridine rings is 1. The maximum atomic E-state index is 5.38. The molecule has 1 N–H and O–H groups in total. The van der Waals surface area contributed by atoms with Gasteiger partial charge in [0.25, 0.3) is 5.89 Å². The summed E-state index contributed by atoms with van der Waals surface area (Å²) in [6.07, 6.45) is 1.67. The van der Waals surface area contributed by atoms with Gasteiger partial charge in [0, 0.05) is 32.4 Å². The summed E-state index contributed by atoms with van der Waals surface area (Å²) < 4.78 is 10.6. The van der Waals surface area contributed by atoms with Gasteiger partial charge in [-0.25, -0.2) is 4.98 Å². The molecule has 0 aliphatic carbocycles. The molecule has 112 valence electrons. The highest BCUT2D eigenvalue weighted by Gasteiger charge is 2.23. The summed E-state index contributed by atoms with van der Waals surface area (Å²) in [5.41, 5.74) is 0.714. The van der Waals surface area contributed by atoms with E-state index in [2.05, 4.69) is 32.3 Å². The fraction of sp³-hybridized carbons (Fsp3) is 0.500. The van der Waals surface area contributed by atoms with Gasteiger partial charge in [0.05, 0.1) is 13.2 Å². The first-order valence-corrected chi connectivity index (χ1v) is 7.07. The molecule has 0 saturated carbocycles. The van der Waals surface area contributed by atoms with Crippen LogP contribution < -0.4 is 10.1 Å². The van der Waals surface area contributed by atoms with E-state index in [0.717, 1.165) is 26.2 Å². The van der Waals surface area contributed by atoms with Crippen molar-refractivity contribution in [3.05, 3.63) is 24.2 Å². The Morgan fingerprint density at radius 1 is 1.38 bits per heavy atom. The molecule has 21 heavy (non-hydrogen) atoms. The van der Waals surface area contributed by atoms with Crippen molar-refractivity contribution in [2.45, 2.75) is 13.0 Å². The Hall–Kier alpha value is -1.99. The molecule has 2 aromatic heterocycles. The van der Waals surface area contributed by atoms with Gasteiger partial charge >= 0.3 is 0 Å². The highest BCUT2D eigenvalue weighted by molar-refractivity contribution is 5.59. The van der Waals surface area contributed by atoms with Crippen LogP contribution in [0.5, 0.6) is 5.88 Å². The Balaban J connectivity index is 1.82. The third-order valence-corrected chi connectivity index (χ3v) is 3.71. The number of methoxy groups -OCH3 is 1. The zero-order valence-corrected chi connectivity index (χ0v) is 12.2. The first-order chi connectivity index (χ1) is 10.3. The van der Waals surface area contributed by atoms with Crippen molar-refractivity contribution in [1.82, 2.24) is 25.3 Å². The molecule has 0 bridgehead atoms. The predicted octanol–water partition coefficient (Wildman–Crippen LogP) is 1.11. The third-order valence-electron chi connectivity index (χ3n) is 3.71. The van der Waals surface area contributed by atoms with Crippen molar-refractivity contribution < 1.29 is 9.26 Å². The molecular formula is C14H19N5O2. The number of nitrogens with zero attached hydrogens (tertiary/aromatic N) is 4. The van der Waals surface area contributed by atoms with Crippen molar-refractivity contribution in [3.8, 4) is 17.3 Å². The van der Waals surface area contributed by atoms with Crippen LogP contribution in [0.3, 0.4) is 0 Å². The fourth-order valence-electron chi connectivity index (χ4n) is 2.46. The molecule has 3 rings (SSSR count). The lowest BCUT2D eigenvalue weighted by Crippen LogP contribution is -2.44. The highest BCUT2D eigenvalue weighted by Crippen LogP contribution is 2.27. The standard InChI is InChI=1S/C14H19N5O2/c1-10(19-8-6-15-7-9-19)12-17-14(21-18-12)11-4-3-5-16-13(11)20-2/h3-5,10,15H,6-9H2,1-2H3. The lowest BCUT2D eigenvalue weighted by Gasteiger charge is -2.30. The van der Waals surface area contributed by atoms with Gasteiger partial charge in [-0.15, -0.1) is 0 Å². The second-order valence-corrected chi connectivity index (χ2v) is 4.98. The number of hydrogen-bond donors (Lipinski definition) is 1. The van der Waals surface area contributed by atoms with Gasteiger partial charge in [0.2, 0.25) is 5.88 Å². The summed E-state index contributed by atoms with van der Waals surface area (Å²) in [4.78, 5) is 11.0. The van der Waals surface area contributed by atoms with E-state index in [1.165, 1.54) is 0 Å². The quantitative estimate of drug-likeness (QED) is 0.903. The predicted molar refractivity (Wildman–Crippen MR) is 76.9 cm³/mol. The van der Waals surface area contributed by atoms with E-state index < -0.39 is 0 Å². The molecule has 0 radical (unpaired) electrons. The molecule has 0 spiro atoms. The number of piperazine rings is 1. The first kappa shape index (κ1) is 14.0. The number of aromatic nitrogens is 3. The topological polar surface area (TPSA) is 76.3 Å². The molecule has 1 aliphatic heterocycles. The molecular weight excluding hydrogens is 270 g/mol. The lowest BCUT2D eigenvalue weighted by atomic mass is 10.2. The average molecular weight is 289 g/mol. The van der Waals surface area contributed by atoms with Gasteiger partial charge in [0.1, 0.15) is 5.56 Å². The Kier molecular flexibility index (Phi) is 4.12. The van der Waals surface area contributed by atoms with Crippen LogP contribution in [0.1, 0.15) is 18.8 Å². The Labute approximate surface area is 123 Å². The minimum atomic E-state index is 0.132. The molecule has 1 unspecified atom stereocenters. The molecule has 1 aliphatic rings. The molecule has 1 atom stereocenters. The van der Waals surface area contributed by atoms with Crippen molar-refractivity contribution in [2.24, 2.45) is 0 Å². The van der Waals surface area contributed by atoms with Crippen LogP contribution in [0.2, 0.25) is 0 Å². The summed E-state index contributed by atoms with van der Waals surface area (Å²) in [6, 6.07) is 3.81. The molecule has 0 amide bonds. The van der Waals surface area contributed by atoms with E-state index in [9.17, 15) is 0 Å². The molecule has 2 aromatic rings. The van der Waals surface area contributed by atoms with Gasteiger partial charge in [-0.1, -0.05) is 5.16 Å². The van der Waals surface area contributed by atoms with E-state index in [4.69, 9.17) is 9.26 Å². The van der Waals surface area contributed by atoms with Crippen LogP contribution in [0.15, 0.2) is 22.9 Å². The first-order valence-electron chi connectivity index (χ1n) is 7.07. The normalized spacial score (nSPS) is 17.6. The lowest BCUT2D eigenvalue weighted by molar-refractivity contribution is 0.176. The average Bonchev–Trinajstić information content (AvgIpc) is 3.04. The maximum Gasteiger partial charge on any atom is 0.263 e. The Bertz CT molecular complexity index is 595. The summed E-state index contributed by atoms with van der Waals surface area (Å²) in [5.74, 6) is 1.62. The summed E-state index contributed by atoms with van der Waals surface area (Å²) in [5, 5.41) is 7.45. The zero-order valence-electron chi connectivity index (χ0n) is 12.2. The van der Waals surface area contributed by atoms with Gasteiger partial charge in [-0.2, -0.15) is 4.98 Å². The van der Waals surface area contributed by atoms with E-state index in [-0.39, 0.29) is 6.04 Å². The van der Waals surface area contributed by atoms with Crippen LogP contribution in [0.25, 0.3) is 11.5 Å². The van der Waals surface area contributed by atoms with Crippen LogP contribution in [0.4, 0.5) is 0 Å². The van der Waals surface area contributed by atoms with Crippen molar-refractivity contribution in [2.75, 3.05) is 33.3 Å². The third kappa shape index (κ3) is 2.88. The van der Waals surface area contributed by atoms with Gasteiger partial charge < -0.3 is 14.6 Å². The fourth-order valence-corrected chi connectivity index (χ4v) is 2.46. The van der Waals surface area contributed by atoms with E-state index in [1.54, 1.807) is 13.3 Å². The molecule has 0 aromatic carbocycles. The molecule has 3 heterocycles. The number of rotatable bonds is 4. The van der Waals surface area contributed by atoms with Crippen LogP contribution in [-0.2, 0) is 0 Å². The van der Waals surface area contributed by atoms with Gasteiger partial charge in [-0.3, -0.25) is 4.90 Å². The minimum Gasteiger partial charge on any atom is -0.480 e. The number of nitrogens with one attached hydrogen (secondary N) is 1. The second-order valence-electron chi connectivity index (χ2n) is 4.98. The van der Waals surface area contributed by atoms with Crippen molar-refractivity contribution in [3.63, 3.8) is 0 Å². The summed E-state index contributed by atoms with van der Waals surface area (Å²) >= 11 is 0. The summed E-state index contributed by atoms with van der Waals surface area (Å²) in [7, 11) is 1.58.